The lowest BCUT2D eigenvalue weighted by molar-refractivity contribution is -0.384. The van der Waals surface area contributed by atoms with Gasteiger partial charge in [-0.15, -0.1) is 12.4 Å². The number of nitro groups is 1. The molecule has 0 unspecified atom stereocenters. The van der Waals surface area contributed by atoms with Crippen molar-refractivity contribution in [3.05, 3.63) is 48.7 Å². The van der Waals surface area contributed by atoms with E-state index < -0.39 is 4.92 Å². The molecule has 1 N–H and O–H groups in total. The van der Waals surface area contributed by atoms with Crippen LogP contribution in [0.1, 0.15) is 24.3 Å². The largest absolute Gasteiger partial charge is 0.381 e. The Bertz CT molecular complexity index is 812. The molecule has 0 aliphatic carbocycles. The summed E-state index contributed by atoms with van der Waals surface area (Å²) >= 11 is 3.35. The van der Waals surface area contributed by atoms with Crippen LogP contribution >= 0.6 is 28.3 Å². The summed E-state index contributed by atoms with van der Waals surface area (Å²) in [5.74, 6) is 0.0438. The highest BCUT2D eigenvalue weighted by molar-refractivity contribution is 9.10. The molecular formula is C15H17BrClN3O4. The van der Waals surface area contributed by atoms with Gasteiger partial charge in [0.15, 0.2) is 0 Å². The maximum absolute atomic E-state index is 12.5. The van der Waals surface area contributed by atoms with Crippen LogP contribution in [0.25, 0.3) is 11.3 Å². The van der Waals surface area contributed by atoms with Gasteiger partial charge in [0, 0.05) is 36.4 Å². The third-order valence-electron chi connectivity index (χ3n) is 4.14. The Morgan fingerprint density at radius 3 is 2.67 bits per heavy atom. The molecule has 0 spiro atoms. The van der Waals surface area contributed by atoms with E-state index in [1.807, 2.05) is 0 Å². The van der Waals surface area contributed by atoms with Crippen LogP contribution in [0.15, 0.2) is 27.5 Å². The van der Waals surface area contributed by atoms with Crippen molar-refractivity contribution < 1.29 is 9.66 Å². The van der Waals surface area contributed by atoms with Gasteiger partial charge >= 0.3 is 0 Å². The molecule has 1 aliphatic heterocycles. The topological polar surface area (TPSA) is 90.2 Å². The van der Waals surface area contributed by atoms with E-state index in [1.165, 1.54) is 10.7 Å². The van der Waals surface area contributed by atoms with Crippen LogP contribution in [0.2, 0.25) is 0 Å². The molecule has 1 aliphatic rings. The molecule has 1 aromatic carbocycles. The van der Waals surface area contributed by atoms with Gasteiger partial charge in [-0.3, -0.25) is 24.7 Å². The van der Waals surface area contributed by atoms with E-state index >= 15 is 0 Å². The SMILES string of the molecule is Cl.Cn1[nH]c(-c2cc(Br)ccc2[N+](=O)[O-])c(C2CCOCC2)c1=O. The average molecular weight is 419 g/mol. The van der Waals surface area contributed by atoms with E-state index in [0.717, 1.165) is 17.3 Å². The quantitative estimate of drug-likeness (QED) is 0.611. The second kappa shape index (κ2) is 7.50. The van der Waals surface area contributed by atoms with Crippen LogP contribution in [0.4, 0.5) is 5.69 Å². The van der Waals surface area contributed by atoms with Crippen LogP contribution in [-0.2, 0) is 11.8 Å². The van der Waals surface area contributed by atoms with Crippen LogP contribution in [-0.4, -0.2) is 27.9 Å². The van der Waals surface area contributed by atoms with Gasteiger partial charge in [0.1, 0.15) is 0 Å². The number of nitrogens with one attached hydrogen (secondary N) is 1. The minimum Gasteiger partial charge on any atom is -0.381 e. The van der Waals surface area contributed by atoms with Crippen LogP contribution in [0.5, 0.6) is 0 Å². The number of rotatable bonds is 3. The number of hydrogen-bond donors (Lipinski definition) is 1. The van der Waals surface area contributed by atoms with Crippen molar-refractivity contribution in [3.63, 3.8) is 0 Å². The lowest BCUT2D eigenvalue weighted by Gasteiger charge is -2.21. The number of ether oxygens (including phenoxy) is 1. The number of aryl methyl sites for hydroxylation is 1. The number of H-pyrrole nitrogens is 1. The minimum atomic E-state index is -0.430. The highest BCUT2D eigenvalue weighted by Gasteiger charge is 2.28. The summed E-state index contributed by atoms with van der Waals surface area (Å²) in [6.45, 7) is 1.19. The summed E-state index contributed by atoms with van der Waals surface area (Å²) in [7, 11) is 1.62. The number of benzene rings is 1. The Kier molecular flexibility index (Phi) is 5.84. The third-order valence-corrected chi connectivity index (χ3v) is 4.63. The van der Waals surface area contributed by atoms with Gasteiger partial charge in [0.2, 0.25) is 0 Å². The summed E-state index contributed by atoms with van der Waals surface area (Å²) in [6.07, 6.45) is 1.48. The first-order chi connectivity index (χ1) is 11.0. The fraction of sp³-hybridized carbons (Fsp3) is 0.400. The lowest BCUT2D eigenvalue weighted by atomic mass is 9.89. The summed E-state index contributed by atoms with van der Waals surface area (Å²) in [6, 6.07) is 4.74. The molecule has 9 heteroatoms. The third kappa shape index (κ3) is 3.40. The average Bonchev–Trinajstić information content (AvgIpc) is 2.83. The molecule has 1 saturated heterocycles. The zero-order valence-electron chi connectivity index (χ0n) is 13.0. The minimum absolute atomic E-state index is 0. The van der Waals surface area contributed by atoms with Crippen molar-refractivity contribution in [2.75, 3.05) is 13.2 Å². The molecule has 7 nitrogen and oxygen atoms in total. The van der Waals surface area contributed by atoms with E-state index in [-0.39, 0.29) is 29.6 Å². The molecular weight excluding hydrogens is 402 g/mol. The van der Waals surface area contributed by atoms with Crippen LogP contribution in [0, 0.1) is 10.1 Å². The second-order valence-corrected chi connectivity index (χ2v) is 6.49. The van der Waals surface area contributed by atoms with E-state index in [1.54, 1.807) is 19.2 Å². The Hall–Kier alpha value is -1.64. The van der Waals surface area contributed by atoms with Crippen LogP contribution < -0.4 is 5.56 Å². The maximum atomic E-state index is 12.5. The Labute approximate surface area is 152 Å². The van der Waals surface area contributed by atoms with E-state index in [2.05, 4.69) is 21.0 Å². The fourth-order valence-electron chi connectivity index (χ4n) is 3.00. The monoisotopic (exact) mass is 417 g/mol. The predicted octanol–water partition coefficient (Wildman–Crippen LogP) is 3.37. The molecule has 1 fully saturated rings. The zero-order chi connectivity index (χ0) is 16.6. The molecule has 2 heterocycles. The highest BCUT2D eigenvalue weighted by atomic mass is 79.9. The molecule has 1 aromatic heterocycles. The van der Waals surface area contributed by atoms with E-state index in [9.17, 15) is 14.9 Å². The number of halogens is 2. The smallest absolute Gasteiger partial charge is 0.278 e. The van der Waals surface area contributed by atoms with Crippen molar-refractivity contribution in [1.82, 2.24) is 9.78 Å². The molecule has 130 valence electrons. The van der Waals surface area contributed by atoms with Gasteiger partial charge in [0.25, 0.3) is 11.2 Å². The molecule has 3 rings (SSSR count). The van der Waals surface area contributed by atoms with Crippen molar-refractivity contribution in [2.24, 2.45) is 7.05 Å². The molecule has 24 heavy (non-hydrogen) atoms. The Morgan fingerprint density at radius 2 is 2.04 bits per heavy atom. The van der Waals surface area contributed by atoms with Gasteiger partial charge in [-0.1, -0.05) is 15.9 Å². The first-order valence-corrected chi connectivity index (χ1v) is 8.09. The van der Waals surface area contributed by atoms with Gasteiger partial charge in [-0.05, 0) is 30.9 Å². The molecule has 2 aromatic rings. The number of nitrogens with zero attached hydrogens (tertiary/aromatic N) is 2. The normalized spacial score (nSPS) is 15.1. The van der Waals surface area contributed by atoms with Crippen molar-refractivity contribution in [2.45, 2.75) is 18.8 Å². The fourth-order valence-corrected chi connectivity index (χ4v) is 3.37. The van der Waals surface area contributed by atoms with Crippen molar-refractivity contribution >= 4 is 34.0 Å². The highest BCUT2D eigenvalue weighted by Crippen LogP contribution is 2.37. The number of aromatic amines is 1. The van der Waals surface area contributed by atoms with E-state index in [4.69, 9.17) is 4.74 Å². The van der Waals surface area contributed by atoms with Gasteiger partial charge in [-0.25, -0.2) is 0 Å². The summed E-state index contributed by atoms with van der Waals surface area (Å²) < 4.78 is 7.46. The Morgan fingerprint density at radius 1 is 1.38 bits per heavy atom. The number of aromatic nitrogens is 2. The van der Waals surface area contributed by atoms with Crippen LogP contribution in [0.3, 0.4) is 0 Å². The van der Waals surface area contributed by atoms with Gasteiger partial charge < -0.3 is 4.74 Å². The van der Waals surface area contributed by atoms with Gasteiger partial charge in [0.05, 0.1) is 16.2 Å². The first-order valence-electron chi connectivity index (χ1n) is 7.30. The standard InChI is InChI=1S/C15H16BrN3O4.ClH/c1-18-15(20)13(9-4-6-23-7-5-9)14(17-18)11-8-10(16)2-3-12(11)19(21)22;/h2-3,8-9,17H,4-7H2,1H3;1H. The number of hydrogen-bond acceptors (Lipinski definition) is 4. The van der Waals surface area contributed by atoms with Gasteiger partial charge in [-0.2, -0.15) is 0 Å². The molecule has 0 radical (unpaired) electrons. The molecule has 0 amide bonds. The van der Waals surface area contributed by atoms with Crippen molar-refractivity contribution in [1.29, 1.82) is 0 Å². The number of nitro benzene ring substituents is 1. The lowest BCUT2D eigenvalue weighted by Crippen LogP contribution is -2.22. The second-order valence-electron chi connectivity index (χ2n) is 5.57. The van der Waals surface area contributed by atoms with Crippen molar-refractivity contribution in [3.8, 4) is 11.3 Å². The first kappa shape index (κ1) is 18.7. The Balaban J connectivity index is 0.00000208. The summed E-state index contributed by atoms with van der Waals surface area (Å²) in [5.41, 5.74) is 1.39. The predicted molar refractivity (Wildman–Crippen MR) is 95.9 cm³/mol. The van der Waals surface area contributed by atoms with E-state index in [0.29, 0.717) is 30.0 Å². The molecule has 0 saturated carbocycles. The maximum Gasteiger partial charge on any atom is 0.278 e. The molecule has 0 atom stereocenters. The summed E-state index contributed by atoms with van der Waals surface area (Å²) in [4.78, 5) is 23.5. The summed E-state index contributed by atoms with van der Waals surface area (Å²) in [5, 5.41) is 14.3. The molecule has 0 bridgehead atoms. The zero-order valence-corrected chi connectivity index (χ0v) is 15.4.